The molecule has 1 aromatic rings. The van der Waals surface area contributed by atoms with Gasteiger partial charge in [0.15, 0.2) is 0 Å². The molecule has 0 heterocycles. The molecule has 104 valence electrons. The van der Waals surface area contributed by atoms with Gasteiger partial charge in [-0.25, -0.2) is 4.79 Å². The van der Waals surface area contributed by atoms with Crippen molar-refractivity contribution in [3.63, 3.8) is 0 Å². The van der Waals surface area contributed by atoms with Crippen LogP contribution in [0.3, 0.4) is 0 Å². The highest BCUT2D eigenvalue weighted by molar-refractivity contribution is 14.1. The predicted molar refractivity (Wildman–Crippen MR) is 81.4 cm³/mol. The minimum Gasteiger partial charge on any atom is -0.378 e. The number of rotatable bonds is 5. The van der Waals surface area contributed by atoms with E-state index in [1.165, 1.54) is 11.0 Å². The van der Waals surface area contributed by atoms with Gasteiger partial charge in [-0.1, -0.05) is 0 Å². The molecule has 0 bridgehead atoms. The van der Waals surface area contributed by atoms with E-state index >= 15 is 0 Å². The molecule has 0 radical (unpaired) electrons. The van der Waals surface area contributed by atoms with Crippen LogP contribution in [0.1, 0.15) is 0 Å². The number of urea groups is 1. The summed E-state index contributed by atoms with van der Waals surface area (Å²) >= 11 is 2.02. The molecule has 0 atom stereocenters. The molecule has 2 N–H and O–H groups in total. The maximum absolute atomic E-state index is 11.3. The standard InChI is InChI=1S/C11H15IN4O3/c1-15(2)11(17)14-6-5-13-9-4-3-8(12)7-10(9)16(18)19/h3-4,7,13H,5-6H2,1-2H3,(H,14,17). The topological polar surface area (TPSA) is 87.5 Å². The largest absolute Gasteiger partial charge is 0.378 e. The Hall–Kier alpha value is -1.58. The van der Waals surface area contributed by atoms with Gasteiger partial charge in [0, 0.05) is 36.8 Å². The van der Waals surface area contributed by atoms with E-state index in [4.69, 9.17) is 0 Å². The van der Waals surface area contributed by atoms with E-state index in [9.17, 15) is 14.9 Å². The van der Waals surface area contributed by atoms with Gasteiger partial charge >= 0.3 is 6.03 Å². The molecule has 0 saturated carbocycles. The first kappa shape index (κ1) is 15.5. The summed E-state index contributed by atoms with van der Waals surface area (Å²) in [7, 11) is 3.29. The lowest BCUT2D eigenvalue weighted by Gasteiger charge is -2.12. The minimum absolute atomic E-state index is 0.0332. The molecular weight excluding hydrogens is 363 g/mol. The number of anilines is 1. The second-order valence-corrected chi connectivity index (χ2v) is 5.22. The van der Waals surface area contributed by atoms with Crippen LogP contribution in [0.4, 0.5) is 16.2 Å². The Morgan fingerprint density at radius 1 is 1.42 bits per heavy atom. The number of amides is 2. The molecule has 8 heteroatoms. The summed E-state index contributed by atoms with van der Waals surface area (Å²) in [6, 6.07) is 4.75. The first-order valence-corrected chi connectivity index (χ1v) is 6.62. The normalized spacial score (nSPS) is 9.84. The second-order valence-electron chi connectivity index (χ2n) is 3.97. The smallest absolute Gasteiger partial charge is 0.316 e. The highest BCUT2D eigenvalue weighted by Crippen LogP contribution is 2.25. The number of halogens is 1. The maximum Gasteiger partial charge on any atom is 0.316 e. The van der Waals surface area contributed by atoms with Crippen LogP contribution in [-0.4, -0.2) is 43.0 Å². The van der Waals surface area contributed by atoms with Crippen molar-refractivity contribution < 1.29 is 9.72 Å². The molecule has 0 aliphatic rings. The summed E-state index contributed by atoms with van der Waals surface area (Å²) < 4.78 is 0.802. The molecule has 0 aliphatic heterocycles. The molecule has 1 aromatic carbocycles. The highest BCUT2D eigenvalue weighted by atomic mass is 127. The zero-order valence-electron chi connectivity index (χ0n) is 10.6. The fourth-order valence-corrected chi connectivity index (χ4v) is 1.80. The van der Waals surface area contributed by atoms with Crippen LogP contribution in [0.2, 0.25) is 0 Å². The number of hydrogen-bond donors (Lipinski definition) is 2. The average Bonchev–Trinajstić information content (AvgIpc) is 2.35. The average molecular weight is 378 g/mol. The first-order valence-electron chi connectivity index (χ1n) is 5.55. The van der Waals surface area contributed by atoms with E-state index in [0.29, 0.717) is 18.8 Å². The van der Waals surface area contributed by atoms with E-state index in [-0.39, 0.29) is 11.7 Å². The number of carbonyl (C=O) groups excluding carboxylic acids is 1. The number of nitro groups is 1. The first-order chi connectivity index (χ1) is 8.91. The van der Waals surface area contributed by atoms with Crippen molar-refractivity contribution in [1.82, 2.24) is 10.2 Å². The van der Waals surface area contributed by atoms with Crippen molar-refractivity contribution in [3.05, 3.63) is 31.9 Å². The van der Waals surface area contributed by atoms with E-state index in [0.717, 1.165) is 3.57 Å². The predicted octanol–water partition coefficient (Wildman–Crippen LogP) is 1.88. The number of nitro benzene ring substituents is 1. The van der Waals surface area contributed by atoms with Crippen molar-refractivity contribution >= 4 is 40.0 Å². The molecular formula is C11H15IN4O3. The van der Waals surface area contributed by atoms with Crippen molar-refractivity contribution in [2.24, 2.45) is 0 Å². The van der Waals surface area contributed by atoms with Crippen molar-refractivity contribution in [2.45, 2.75) is 0 Å². The van der Waals surface area contributed by atoms with Crippen LogP contribution in [0.5, 0.6) is 0 Å². The third-order valence-corrected chi connectivity index (χ3v) is 2.95. The Labute approximate surface area is 124 Å². The lowest BCUT2D eigenvalue weighted by molar-refractivity contribution is -0.384. The Balaban J connectivity index is 2.54. The highest BCUT2D eigenvalue weighted by Gasteiger charge is 2.13. The van der Waals surface area contributed by atoms with Gasteiger partial charge in [-0.2, -0.15) is 0 Å². The van der Waals surface area contributed by atoms with Gasteiger partial charge in [0.1, 0.15) is 5.69 Å². The summed E-state index contributed by atoms with van der Waals surface area (Å²) in [6.07, 6.45) is 0. The van der Waals surface area contributed by atoms with Crippen LogP contribution < -0.4 is 10.6 Å². The summed E-state index contributed by atoms with van der Waals surface area (Å²) in [5, 5.41) is 16.5. The summed E-state index contributed by atoms with van der Waals surface area (Å²) in [6.45, 7) is 0.807. The van der Waals surface area contributed by atoms with Gasteiger partial charge in [0.2, 0.25) is 0 Å². The zero-order valence-corrected chi connectivity index (χ0v) is 12.8. The van der Waals surface area contributed by atoms with Gasteiger partial charge in [-0.15, -0.1) is 0 Å². The number of carbonyl (C=O) groups is 1. The molecule has 0 spiro atoms. The molecule has 19 heavy (non-hydrogen) atoms. The number of hydrogen-bond acceptors (Lipinski definition) is 4. The minimum atomic E-state index is -0.428. The Bertz CT molecular complexity index is 479. The monoisotopic (exact) mass is 378 g/mol. The van der Waals surface area contributed by atoms with E-state index in [2.05, 4.69) is 10.6 Å². The summed E-state index contributed by atoms with van der Waals surface area (Å²) in [5.74, 6) is 0. The molecule has 0 fully saturated rings. The molecule has 1 rings (SSSR count). The molecule has 0 unspecified atom stereocenters. The van der Waals surface area contributed by atoms with Crippen LogP contribution >= 0.6 is 22.6 Å². The third kappa shape index (κ3) is 4.89. The van der Waals surface area contributed by atoms with Crippen LogP contribution in [-0.2, 0) is 0 Å². The van der Waals surface area contributed by atoms with E-state index in [1.54, 1.807) is 26.2 Å². The third-order valence-electron chi connectivity index (χ3n) is 2.28. The SMILES string of the molecule is CN(C)C(=O)NCCNc1ccc(I)cc1[N+](=O)[O-]. The van der Waals surface area contributed by atoms with Gasteiger partial charge in [0.25, 0.3) is 5.69 Å². The van der Waals surface area contributed by atoms with Gasteiger partial charge in [0.05, 0.1) is 4.92 Å². The van der Waals surface area contributed by atoms with Crippen molar-refractivity contribution in [2.75, 3.05) is 32.5 Å². The summed E-state index contributed by atoms with van der Waals surface area (Å²) in [5.41, 5.74) is 0.482. The van der Waals surface area contributed by atoms with Crippen LogP contribution in [0, 0.1) is 13.7 Å². The molecule has 2 amide bonds. The lowest BCUT2D eigenvalue weighted by Crippen LogP contribution is -2.37. The van der Waals surface area contributed by atoms with Gasteiger partial charge in [-0.3, -0.25) is 10.1 Å². The molecule has 7 nitrogen and oxygen atoms in total. The molecule has 0 aliphatic carbocycles. The molecule has 0 aromatic heterocycles. The Morgan fingerprint density at radius 2 is 2.11 bits per heavy atom. The van der Waals surface area contributed by atoms with Crippen LogP contribution in [0.15, 0.2) is 18.2 Å². The number of benzene rings is 1. The summed E-state index contributed by atoms with van der Waals surface area (Å²) in [4.78, 5) is 23.1. The van der Waals surface area contributed by atoms with E-state index < -0.39 is 4.92 Å². The maximum atomic E-state index is 11.3. The van der Waals surface area contributed by atoms with Crippen LogP contribution in [0.25, 0.3) is 0 Å². The number of nitrogens with zero attached hydrogens (tertiary/aromatic N) is 2. The van der Waals surface area contributed by atoms with Crippen molar-refractivity contribution in [3.8, 4) is 0 Å². The fraction of sp³-hybridized carbons (Fsp3) is 0.364. The Morgan fingerprint density at radius 3 is 2.68 bits per heavy atom. The van der Waals surface area contributed by atoms with E-state index in [1.807, 2.05) is 22.6 Å². The second kappa shape index (κ2) is 7.12. The number of nitrogens with one attached hydrogen (secondary N) is 2. The van der Waals surface area contributed by atoms with Crippen molar-refractivity contribution in [1.29, 1.82) is 0 Å². The Kier molecular flexibility index (Phi) is 5.80. The quantitative estimate of drug-likeness (QED) is 0.355. The zero-order chi connectivity index (χ0) is 14.4. The van der Waals surface area contributed by atoms with Gasteiger partial charge < -0.3 is 15.5 Å². The fourth-order valence-electron chi connectivity index (χ4n) is 1.33. The van der Waals surface area contributed by atoms with Gasteiger partial charge in [-0.05, 0) is 34.7 Å². The molecule has 0 saturated heterocycles. The lowest BCUT2D eigenvalue weighted by atomic mass is 10.2.